The molecule has 0 spiro atoms. The van der Waals surface area contributed by atoms with Gasteiger partial charge in [-0.05, 0) is 62.1 Å². The summed E-state index contributed by atoms with van der Waals surface area (Å²) in [6, 6.07) is 13.9. The van der Waals surface area contributed by atoms with Crippen LogP contribution in [0.2, 0.25) is 0 Å². The molecule has 2 amide bonds. The van der Waals surface area contributed by atoms with E-state index in [-0.39, 0.29) is 23.8 Å². The summed E-state index contributed by atoms with van der Waals surface area (Å²) >= 11 is 0. The quantitative estimate of drug-likeness (QED) is 0.110. The van der Waals surface area contributed by atoms with Crippen molar-refractivity contribution in [2.45, 2.75) is 37.1 Å². The second-order valence-corrected chi connectivity index (χ2v) is 9.08. The number of hydrogen-bond donors (Lipinski definition) is 4. The summed E-state index contributed by atoms with van der Waals surface area (Å²) in [6.07, 6.45) is 4.18. The number of carbonyl (C=O) groups is 2. The highest BCUT2D eigenvalue weighted by molar-refractivity contribution is 7.89. The fraction of sp³-hybridized carbons (Fsp3) is 0.280. The third kappa shape index (κ3) is 10.0. The molecule has 0 unspecified atom stereocenters. The molecule has 0 aromatic heterocycles. The number of ether oxygens (including phenoxy) is 1. The Bertz CT molecular complexity index is 1150. The molecule has 0 radical (unpaired) electrons. The standard InChI is InChI=1S/C25H29N3O6S/c1-2-3-19-34-21-13-15-22(16-14-21)35(32,33)28-23(25(30)27-31)11-7-8-18-26-24(29)17-12-20-9-5-4-6-10-20/h4-6,9-10,12-17,23,28,31H,7-8,11,18-19H2,1H3,(H,26,29)(H,27,30)/t23-/m1/s1. The Labute approximate surface area is 205 Å². The number of unbranched alkanes of at least 4 members (excludes halogenated alkanes) is 1. The van der Waals surface area contributed by atoms with Gasteiger partial charge in [-0.25, -0.2) is 13.9 Å². The molecule has 2 aromatic rings. The summed E-state index contributed by atoms with van der Waals surface area (Å²) in [5, 5.41) is 11.7. The van der Waals surface area contributed by atoms with Crippen LogP contribution in [-0.2, 0) is 19.6 Å². The molecular weight excluding hydrogens is 470 g/mol. The molecule has 0 bridgehead atoms. The van der Waals surface area contributed by atoms with Crippen LogP contribution in [0.3, 0.4) is 0 Å². The molecule has 0 heterocycles. The van der Waals surface area contributed by atoms with Crippen molar-refractivity contribution in [3.05, 3.63) is 66.2 Å². The summed E-state index contributed by atoms with van der Waals surface area (Å²) in [7, 11) is -4.03. The van der Waals surface area contributed by atoms with Crippen LogP contribution in [0.1, 0.15) is 31.7 Å². The van der Waals surface area contributed by atoms with Crippen LogP contribution in [0, 0.1) is 11.8 Å². The van der Waals surface area contributed by atoms with Crippen molar-refractivity contribution in [3.63, 3.8) is 0 Å². The van der Waals surface area contributed by atoms with Crippen LogP contribution in [-0.4, -0.2) is 44.6 Å². The van der Waals surface area contributed by atoms with Gasteiger partial charge < -0.3 is 10.1 Å². The highest BCUT2D eigenvalue weighted by atomic mass is 32.2. The van der Waals surface area contributed by atoms with Gasteiger partial charge in [-0.1, -0.05) is 36.3 Å². The van der Waals surface area contributed by atoms with Crippen molar-refractivity contribution in [1.29, 1.82) is 0 Å². The molecule has 0 aliphatic carbocycles. The van der Waals surface area contributed by atoms with Crippen LogP contribution in [0.5, 0.6) is 5.75 Å². The minimum Gasteiger partial charge on any atom is -0.481 e. The first-order chi connectivity index (χ1) is 16.9. The normalized spacial score (nSPS) is 11.8. The van der Waals surface area contributed by atoms with Crippen LogP contribution < -0.4 is 20.3 Å². The van der Waals surface area contributed by atoms with E-state index >= 15 is 0 Å². The first-order valence-electron chi connectivity index (χ1n) is 11.0. The first-order valence-corrected chi connectivity index (χ1v) is 12.4. The minimum absolute atomic E-state index is 0.0559. The Morgan fingerprint density at radius 1 is 1.09 bits per heavy atom. The molecule has 2 aromatic carbocycles. The number of rotatable bonds is 13. The van der Waals surface area contributed by atoms with E-state index in [2.05, 4.69) is 21.9 Å². The van der Waals surface area contributed by atoms with Crippen molar-refractivity contribution in [2.24, 2.45) is 0 Å². The summed E-state index contributed by atoms with van der Waals surface area (Å²) in [4.78, 5) is 23.9. The molecule has 0 aliphatic rings. The zero-order valence-corrected chi connectivity index (χ0v) is 20.2. The number of hydroxylamine groups is 1. The maximum absolute atomic E-state index is 12.7. The highest BCUT2D eigenvalue weighted by Crippen LogP contribution is 2.17. The molecule has 0 saturated carbocycles. The van der Waals surface area contributed by atoms with Gasteiger partial charge >= 0.3 is 0 Å². The summed E-state index contributed by atoms with van der Waals surface area (Å²) in [6.45, 7) is 2.22. The van der Waals surface area contributed by atoms with E-state index in [0.29, 0.717) is 25.1 Å². The van der Waals surface area contributed by atoms with Gasteiger partial charge in [0.1, 0.15) is 18.4 Å². The lowest BCUT2D eigenvalue weighted by Crippen LogP contribution is -2.45. The lowest BCUT2D eigenvalue weighted by atomic mass is 10.1. The van der Waals surface area contributed by atoms with Gasteiger partial charge in [-0.2, -0.15) is 4.72 Å². The van der Waals surface area contributed by atoms with Crippen LogP contribution >= 0.6 is 0 Å². The second kappa shape index (κ2) is 14.6. The summed E-state index contributed by atoms with van der Waals surface area (Å²) in [5.74, 6) is 4.75. The fourth-order valence-corrected chi connectivity index (χ4v) is 4.19. The van der Waals surface area contributed by atoms with E-state index in [1.165, 1.54) is 35.8 Å². The minimum atomic E-state index is -4.03. The van der Waals surface area contributed by atoms with Crippen molar-refractivity contribution in [2.75, 3.05) is 13.2 Å². The number of hydrogen-bond acceptors (Lipinski definition) is 6. The Hall–Kier alpha value is -3.65. The number of sulfonamides is 1. The SMILES string of the molecule is CC#CCOc1ccc(S(=O)(=O)N[C@H](CCCCNC(=O)C=Cc2ccccc2)C(=O)NO)cc1. The summed E-state index contributed by atoms with van der Waals surface area (Å²) < 4.78 is 33.1. The van der Waals surface area contributed by atoms with Crippen LogP contribution in [0.15, 0.2) is 65.6 Å². The molecule has 4 N–H and O–H groups in total. The van der Waals surface area contributed by atoms with Crippen LogP contribution in [0.4, 0.5) is 0 Å². The first kappa shape index (κ1) is 27.6. The van der Waals surface area contributed by atoms with Crippen molar-refractivity contribution >= 4 is 27.9 Å². The topological polar surface area (TPSA) is 134 Å². The zero-order chi connectivity index (χ0) is 25.5. The van der Waals surface area contributed by atoms with E-state index < -0.39 is 22.0 Å². The van der Waals surface area contributed by atoms with Crippen molar-refractivity contribution < 1.29 is 28.0 Å². The smallest absolute Gasteiger partial charge is 0.261 e. The van der Waals surface area contributed by atoms with E-state index in [0.717, 1.165) is 5.56 Å². The largest absolute Gasteiger partial charge is 0.481 e. The number of benzene rings is 2. The molecule has 10 heteroatoms. The van der Waals surface area contributed by atoms with Crippen molar-refractivity contribution in [1.82, 2.24) is 15.5 Å². The van der Waals surface area contributed by atoms with Gasteiger partial charge in [0.05, 0.1) is 4.90 Å². The van der Waals surface area contributed by atoms with Gasteiger partial charge in [0.15, 0.2) is 0 Å². The molecule has 186 valence electrons. The molecule has 35 heavy (non-hydrogen) atoms. The molecule has 0 saturated heterocycles. The maximum Gasteiger partial charge on any atom is 0.261 e. The third-order valence-corrected chi connectivity index (χ3v) is 6.28. The maximum atomic E-state index is 12.7. The molecule has 1 atom stereocenters. The second-order valence-electron chi connectivity index (χ2n) is 7.37. The van der Waals surface area contributed by atoms with Gasteiger partial charge in [-0.15, -0.1) is 5.92 Å². The Kier molecular flexibility index (Phi) is 11.5. The Balaban J connectivity index is 1.84. The van der Waals surface area contributed by atoms with E-state index in [4.69, 9.17) is 9.94 Å². The highest BCUT2D eigenvalue weighted by Gasteiger charge is 2.25. The molecular formula is C25H29N3O6S. The molecule has 0 aliphatic heterocycles. The van der Waals surface area contributed by atoms with Gasteiger partial charge in [0.25, 0.3) is 5.91 Å². The Morgan fingerprint density at radius 3 is 2.46 bits per heavy atom. The molecule has 0 fully saturated rings. The predicted molar refractivity (Wildman–Crippen MR) is 132 cm³/mol. The van der Waals surface area contributed by atoms with Gasteiger partial charge in [0, 0.05) is 12.6 Å². The van der Waals surface area contributed by atoms with Gasteiger partial charge in [-0.3, -0.25) is 14.8 Å². The fourth-order valence-electron chi connectivity index (χ4n) is 2.96. The molecule has 2 rings (SSSR count). The van der Waals surface area contributed by atoms with Crippen molar-refractivity contribution in [3.8, 4) is 17.6 Å². The zero-order valence-electron chi connectivity index (χ0n) is 19.4. The predicted octanol–water partition coefficient (Wildman–Crippen LogP) is 2.24. The lowest BCUT2D eigenvalue weighted by Gasteiger charge is -2.17. The average molecular weight is 500 g/mol. The Morgan fingerprint density at radius 2 is 1.80 bits per heavy atom. The number of nitrogens with one attached hydrogen (secondary N) is 3. The molecule has 9 nitrogen and oxygen atoms in total. The van der Waals surface area contributed by atoms with E-state index in [1.54, 1.807) is 13.0 Å². The summed E-state index contributed by atoms with van der Waals surface area (Å²) in [5.41, 5.74) is 2.39. The van der Waals surface area contributed by atoms with Gasteiger partial charge in [0.2, 0.25) is 15.9 Å². The third-order valence-electron chi connectivity index (χ3n) is 4.79. The average Bonchev–Trinajstić information content (AvgIpc) is 2.87. The number of amides is 2. The van der Waals surface area contributed by atoms with E-state index in [9.17, 15) is 18.0 Å². The monoisotopic (exact) mass is 499 g/mol. The lowest BCUT2D eigenvalue weighted by molar-refractivity contribution is -0.131. The van der Waals surface area contributed by atoms with E-state index in [1.807, 2.05) is 30.3 Å². The van der Waals surface area contributed by atoms with Crippen LogP contribution in [0.25, 0.3) is 6.08 Å². The number of carbonyl (C=O) groups excluding carboxylic acids is 2.